The molecule has 20 heavy (non-hydrogen) atoms. The molecule has 5 nitrogen and oxygen atoms in total. The van der Waals surface area contributed by atoms with Crippen molar-refractivity contribution in [2.75, 3.05) is 13.7 Å². The Hall–Kier alpha value is -1.39. The van der Waals surface area contributed by atoms with E-state index in [1.165, 1.54) is 12.1 Å². The average Bonchev–Trinajstić information content (AvgIpc) is 2.40. The van der Waals surface area contributed by atoms with Crippen LogP contribution in [0.1, 0.15) is 18.4 Å². The van der Waals surface area contributed by atoms with Crippen LogP contribution in [0.4, 0.5) is 0 Å². The predicted octanol–water partition coefficient (Wildman–Crippen LogP) is 0.486. The summed E-state index contributed by atoms with van der Waals surface area (Å²) in [4.78, 5) is 0.216. The number of aliphatic hydroxyl groups is 1. The van der Waals surface area contributed by atoms with Gasteiger partial charge in [0.15, 0.2) is 0 Å². The lowest BCUT2D eigenvalue weighted by Gasteiger charge is -2.34. The number of hydrogen-bond acceptors (Lipinski definition) is 4. The number of aliphatic hydroxyl groups excluding tert-OH is 1. The van der Waals surface area contributed by atoms with Crippen LogP contribution >= 0.6 is 0 Å². The third-order valence-electron chi connectivity index (χ3n) is 3.23. The van der Waals surface area contributed by atoms with E-state index in [-0.39, 0.29) is 23.6 Å². The Morgan fingerprint density at radius 1 is 1.35 bits per heavy atom. The Bertz CT molecular complexity index is 607. The van der Waals surface area contributed by atoms with Gasteiger partial charge in [0.25, 0.3) is 0 Å². The quantitative estimate of drug-likeness (QED) is 0.793. The van der Waals surface area contributed by atoms with Crippen molar-refractivity contribution in [2.24, 2.45) is 0 Å². The second-order valence-electron chi connectivity index (χ2n) is 4.63. The molecule has 1 aromatic rings. The summed E-state index contributed by atoms with van der Waals surface area (Å²) in [5, 5.41) is 8.60. The van der Waals surface area contributed by atoms with Gasteiger partial charge in [-0.2, -0.15) is 0 Å². The molecule has 0 amide bonds. The molecule has 108 valence electrons. The fourth-order valence-corrected chi connectivity index (χ4v) is 3.26. The largest absolute Gasteiger partial charge is 0.384 e. The molecule has 0 atom stereocenters. The van der Waals surface area contributed by atoms with Crippen molar-refractivity contribution < 1.29 is 18.3 Å². The van der Waals surface area contributed by atoms with E-state index < -0.39 is 10.0 Å². The molecule has 0 spiro atoms. The van der Waals surface area contributed by atoms with Crippen molar-refractivity contribution in [1.29, 1.82) is 0 Å². The molecule has 0 radical (unpaired) electrons. The van der Waals surface area contributed by atoms with Crippen molar-refractivity contribution in [3.63, 3.8) is 0 Å². The molecule has 2 rings (SSSR count). The van der Waals surface area contributed by atoms with Crippen LogP contribution in [0.2, 0.25) is 0 Å². The Kier molecular flexibility index (Phi) is 4.78. The summed E-state index contributed by atoms with van der Waals surface area (Å²) in [5.41, 5.74) is 0.668. The second kappa shape index (κ2) is 6.37. The summed E-state index contributed by atoms with van der Waals surface area (Å²) in [5.74, 6) is 5.23. The maximum absolute atomic E-state index is 12.1. The van der Waals surface area contributed by atoms with E-state index in [4.69, 9.17) is 9.84 Å². The number of sulfonamides is 1. The minimum atomic E-state index is -3.49. The monoisotopic (exact) mass is 295 g/mol. The number of benzene rings is 1. The Balaban J connectivity index is 2.02. The Morgan fingerprint density at radius 2 is 2.00 bits per heavy atom. The highest BCUT2D eigenvalue weighted by atomic mass is 32.2. The van der Waals surface area contributed by atoms with E-state index in [0.29, 0.717) is 18.4 Å². The van der Waals surface area contributed by atoms with E-state index in [2.05, 4.69) is 16.6 Å². The van der Waals surface area contributed by atoms with E-state index >= 15 is 0 Å². The SMILES string of the molecule is COC1CC(NS(=O)(=O)c2ccc(C#CCO)cc2)C1. The second-order valence-corrected chi connectivity index (χ2v) is 6.35. The molecule has 2 N–H and O–H groups in total. The zero-order valence-electron chi connectivity index (χ0n) is 11.2. The van der Waals surface area contributed by atoms with Gasteiger partial charge >= 0.3 is 0 Å². The van der Waals surface area contributed by atoms with Crippen molar-refractivity contribution >= 4 is 10.0 Å². The molecule has 0 saturated heterocycles. The van der Waals surface area contributed by atoms with Crippen molar-refractivity contribution in [1.82, 2.24) is 4.72 Å². The maximum Gasteiger partial charge on any atom is 0.240 e. The number of ether oxygens (including phenoxy) is 1. The third kappa shape index (κ3) is 3.58. The van der Waals surface area contributed by atoms with Gasteiger partial charge in [-0.15, -0.1) is 0 Å². The summed E-state index contributed by atoms with van der Waals surface area (Å²) in [6.07, 6.45) is 1.56. The van der Waals surface area contributed by atoms with Gasteiger partial charge in [0.2, 0.25) is 10.0 Å². The lowest BCUT2D eigenvalue weighted by molar-refractivity contribution is 0.0236. The number of nitrogens with one attached hydrogen (secondary N) is 1. The van der Waals surface area contributed by atoms with Crippen LogP contribution in [-0.2, 0) is 14.8 Å². The van der Waals surface area contributed by atoms with Gasteiger partial charge in [-0.3, -0.25) is 0 Å². The minimum absolute atomic E-state index is 0.0567. The molecule has 1 aliphatic carbocycles. The lowest BCUT2D eigenvalue weighted by Crippen LogP contribution is -2.47. The van der Waals surface area contributed by atoms with Crippen molar-refractivity contribution in [3.05, 3.63) is 29.8 Å². The first-order valence-corrected chi connectivity index (χ1v) is 7.78. The summed E-state index contributed by atoms with van der Waals surface area (Å²) in [7, 11) is -1.87. The molecular formula is C14H17NO4S. The van der Waals surface area contributed by atoms with Gasteiger partial charge in [0.05, 0.1) is 11.0 Å². The van der Waals surface area contributed by atoms with Crippen molar-refractivity contribution in [3.8, 4) is 11.8 Å². The van der Waals surface area contributed by atoms with E-state index in [9.17, 15) is 8.42 Å². The number of methoxy groups -OCH3 is 1. The molecule has 1 fully saturated rings. The normalized spacial score (nSPS) is 21.7. The standard InChI is InChI=1S/C14H17NO4S/c1-19-13-9-12(10-13)15-20(17,18)14-6-4-11(5-7-14)3-2-8-16/h4-7,12-13,15-16H,8-10H2,1H3. The molecule has 0 aliphatic heterocycles. The fourth-order valence-electron chi connectivity index (χ4n) is 2.00. The van der Waals surface area contributed by atoms with Crippen LogP contribution in [0, 0.1) is 11.8 Å². The first kappa shape index (κ1) is 15.0. The zero-order valence-corrected chi connectivity index (χ0v) is 12.0. The van der Waals surface area contributed by atoms with Crippen LogP contribution in [0.15, 0.2) is 29.2 Å². The Labute approximate surface area is 119 Å². The summed E-state index contributed by atoms with van der Waals surface area (Å²) in [6.45, 7) is -0.218. The van der Waals surface area contributed by atoms with Crippen LogP contribution in [-0.4, -0.2) is 39.4 Å². The molecule has 0 bridgehead atoms. The van der Waals surface area contributed by atoms with E-state index in [1.807, 2.05) is 0 Å². The topological polar surface area (TPSA) is 75.6 Å². The van der Waals surface area contributed by atoms with E-state index in [0.717, 1.165) is 0 Å². The highest BCUT2D eigenvalue weighted by Crippen LogP contribution is 2.24. The molecule has 1 saturated carbocycles. The molecule has 1 aliphatic rings. The molecule has 6 heteroatoms. The summed E-state index contributed by atoms with van der Waals surface area (Å²) >= 11 is 0. The van der Waals surface area contributed by atoms with Gasteiger partial charge in [-0.25, -0.2) is 13.1 Å². The predicted molar refractivity (Wildman–Crippen MR) is 74.5 cm³/mol. The van der Waals surface area contributed by atoms with Crippen LogP contribution in [0.5, 0.6) is 0 Å². The van der Waals surface area contributed by atoms with Gasteiger partial charge in [-0.1, -0.05) is 11.8 Å². The highest BCUT2D eigenvalue weighted by Gasteiger charge is 2.32. The highest BCUT2D eigenvalue weighted by molar-refractivity contribution is 7.89. The van der Waals surface area contributed by atoms with E-state index in [1.54, 1.807) is 19.2 Å². The minimum Gasteiger partial charge on any atom is -0.384 e. The van der Waals surface area contributed by atoms with Crippen LogP contribution < -0.4 is 4.72 Å². The number of rotatable bonds is 4. The van der Waals surface area contributed by atoms with Gasteiger partial charge in [-0.05, 0) is 37.1 Å². The summed E-state index contributed by atoms with van der Waals surface area (Å²) in [6, 6.07) is 6.21. The van der Waals surface area contributed by atoms with Crippen LogP contribution in [0.25, 0.3) is 0 Å². The number of hydrogen-bond donors (Lipinski definition) is 2. The van der Waals surface area contributed by atoms with Gasteiger partial charge in [0.1, 0.15) is 6.61 Å². The van der Waals surface area contributed by atoms with Crippen molar-refractivity contribution in [2.45, 2.75) is 29.9 Å². The van der Waals surface area contributed by atoms with Gasteiger partial charge in [0, 0.05) is 18.7 Å². The first-order valence-electron chi connectivity index (χ1n) is 6.30. The molecule has 0 aromatic heterocycles. The molecule has 0 heterocycles. The van der Waals surface area contributed by atoms with Crippen LogP contribution in [0.3, 0.4) is 0 Å². The summed E-state index contributed by atoms with van der Waals surface area (Å²) < 4.78 is 32.0. The first-order chi connectivity index (χ1) is 9.55. The fraction of sp³-hybridized carbons (Fsp3) is 0.429. The lowest BCUT2D eigenvalue weighted by atomic mass is 9.90. The zero-order chi connectivity index (χ0) is 14.6. The Morgan fingerprint density at radius 3 is 2.55 bits per heavy atom. The third-order valence-corrected chi connectivity index (χ3v) is 4.76. The smallest absolute Gasteiger partial charge is 0.240 e. The maximum atomic E-state index is 12.1. The molecule has 0 unspecified atom stereocenters. The molecular weight excluding hydrogens is 278 g/mol. The van der Waals surface area contributed by atoms with Gasteiger partial charge < -0.3 is 9.84 Å². The molecule has 1 aromatic carbocycles. The average molecular weight is 295 g/mol.